The van der Waals surface area contributed by atoms with Crippen LogP contribution in [-0.4, -0.2) is 18.2 Å². The average molecular weight is 288 g/mol. The van der Waals surface area contributed by atoms with Crippen molar-refractivity contribution in [2.24, 2.45) is 0 Å². The van der Waals surface area contributed by atoms with Crippen molar-refractivity contribution in [1.29, 1.82) is 0 Å². The number of ether oxygens (including phenoxy) is 1. The van der Waals surface area contributed by atoms with Gasteiger partial charge in [-0.3, -0.25) is 0 Å². The molecule has 1 aliphatic rings. The van der Waals surface area contributed by atoms with Crippen LogP contribution in [0.2, 0.25) is 10.0 Å². The molecule has 0 saturated carbocycles. The Balaban J connectivity index is 1.91. The zero-order valence-electron chi connectivity index (χ0n) is 10.8. The Morgan fingerprint density at radius 3 is 2.83 bits per heavy atom. The predicted molar refractivity (Wildman–Crippen MR) is 76.4 cm³/mol. The number of halogens is 2. The minimum absolute atomic E-state index is 0.0281. The highest BCUT2D eigenvalue weighted by Gasteiger charge is 2.28. The third kappa shape index (κ3) is 3.86. The van der Waals surface area contributed by atoms with Gasteiger partial charge >= 0.3 is 0 Å². The number of rotatable bonds is 3. The number of benzene rings is 1. The first-order valence-corrected chi connectivity index (χ1v) is 7.03. The lowest BCUT2D eigenvalue weighted by Gasteiger charge is -2.36. The summed E-state index contributed by atoms with van der Waals surface area (Å²) in [6.45, 7) is 5.86. The van der Waals surface area contributed by atoms with Crippen molar-refractivity contribution in [1.82, 2.24) is 5.32 Å². The molecule has 1 aromatic rings. The molecule has 0 aromatic heterocycles. The van der Waals surface area contributed by atoms with Crippen LogP contribution in [0.15, 0.2) is 18.2 Å². The fraction of sp³-hybridized carbons (Fsp3) is 0.571. The van der Waals surface area contributed by atoms with E-state index in [1.54, 1.807) is 6.07 Å². The Labute approximate surface area is 119 Å². The van der Waals surface area contributed by atoms with Crippen molar-refractivity contribution < 1.29 is 4.74 Å². The summed E-state index contributed by atoms with van der Waals surface area (Å²) in [7, 11) is 0. The van der Waals surface area contributed by atoms with Gasteiger partial charge in [-0.05, 0) is 44.4 Å². The molecular formula is C14H19Cl2NO. The van der Waals surface area contributed by atoms with Crippen molar-refractivity contribution in [2.75, 3.05) is 6.61 Å². The molecule has 1 aromatic carbocycles. The van der Waals surface area contributed by atoms with Crippen LogP contribution in [0.3, 0.4) is 0 Å². The second-order valence-corrected chi connectivity index (χ2v) is 6.26. The van der Waals surface area contributed by atoms with Crippen molar-refractivity contribution in [3.8, 4) is 0 Å². The van der Waals surface area contributed by atoms with E-state index in [-0.39, 0.29) is 5.60 Å². The van der Waals surface area contributed by atoms with Gasteiger partial charge in [0, 0.05) is 29.2 Å². The zero-order chi connectivity index (χ0) is 13.2. The van der Waals surface area contributed by atoms with Crippen molar-refractivity contribution in [2.45, 2.75) is 44.9 Å². The van der Waals surface area contributed by atoms with Gasteiger partial charge in [0.25, 0.3) is 0 Å². The van der Waals surface area contributed by atoms with Gasteiger partial charge in [0.15, 0.2) is 0 Å². The van der Waals surface area contributed by atoms with Crippen LogP contribution < -0.4 is 5.32 Å². The summed E-state index contributed by atoms with van der Waals surface area (Å²) >= 11 is 12.0. The lowest BCUT2D eigenvalue weighted by Crippen LogP contribution is -2.43. The predicted octanol–water partition coefficient (Wildman–Crippen LogP) is 4.04. The van der Waals surface area contributed by atoms with E-state index >= 15 is 0 Å². The Morgan fingerprint density at radius 2 is 2.17 bits per heavy atom. The molecule has 0 radical (unpaired) electrons. The summed E-state index contributed by atoms with van der Waals surface area (Å²) < 4.78 is 5.70. The molecule has 4 heteroatoms. The van der Waals surface area contributed by atoms with Crippen molar-refractivity contribution in [3.63, 3.8) is 0 Å². The smallest absolute Gasteiger partial charge is 0.0641 e. The van der Waals surface area contributed by atoms with E-state index in [1.165, 1.54) is 0 Å². The minimum atomic E-state index is -0.0281. The largest absolute Gasteiger partial charge is 0.375 e. The lowest BCUT2D eigenvalue weighted by atomic mass is 9.94. The van der Waals surface area contributed by atoms with Crippen LogP contribution in [0, 0.1) is 0 Å². The topological polar surface area (TPSA) is 21.3 Å². The fourth-order valence-electron chi connectivity index (χ4n) is 2.33. The Bertz CT molecular complexity index is 420. The average Bonchev–Trinajstić information content (AvgIpc) is 2.26. The number of nitrogens with one attached hydrogen (secondary N) is 1. The molecule has 2 rings (SSSR count). The first-order chi connectivity index (χ1) is 8.46. The number of hydrogen-bond donors (Lipinski definition) is 1. The molecule has 0 bridgehead atoms. The molecule has 0 amide bonds. The molecule has 1 fully saturated rings. The fourth-order valence-corrected chi connectivity index (χ4v) is 2.80. The van der Waals surface area contributed by atoms with E-state index in [9.17, 15) is 0 Å². The van der Waals surface area contributed by atoms with Crippen LogP contribution in [0.5, 0.6) is 0 Å². The van der Waals surface area contributed by atoms with Gasteiger partial charge in [0.2, 0.25) is 0 Å². The molecule has 1 N–H and O–H groups in total. The molecule has 1 heterocycles. The molecule has 2 nitrogen and oxygen atoms in total. The lowest BCUT2D eigenvalue weighted by molar-refractivity contribution is -0.0630. The summed E-state index contributed by atoms with van der Waals surface area (Å²) in [6.07, 6.45) is 2.08. The van der Waals surface area contributed by atoms with E-state index in [1.807, 2.05) is 12.1 Å². The van der Waals surface area contributed by atoms with E-state index in [2.05, 4.69) is 19.2 Å². The van der Waals surface area contributed by atoms with Gasteiger partial charge in [0.05, 0.1) is 5.60 Å². The van der Waals surface area contributed by atoms with Gasteiger partial charge < -0.3 is 10.1 Å². The van der Waals surface area contributed by atoms with Gasteiger partial charge in [-0.2, -0.15) is 0 Å². The molecule has 1 saturated heterocycles. The molecular weight excluding hydrogens is 269 g/mol. The maximum atomic E-state index is 6.15. The summed E-state index contributed by atoms with van der Waals surface area (Å²) in [5, 5.41) is 4.95. The highest BCUT2D eigenvalue weighted by molar-refractivity contribution is 6.35. The van der Waals surface area contributed by atoms with Gasteiger partial charge in [-0.15, -0.1) is 0 Å². The molecule has 0 aliphatic carbocycles. The number of hydrogen-bond acceptors (Lipinski definition) is 2. The Morgan fingerprint density at radius 1 is 1.39 bits per heavy atom. The Kier molecular flexibility index (Phi) is 4.54. The van der Waals surface area contributed by atoms with Gasteiger partial charge in [-0.25, -0.2) is 0 Å². The Hall–Kier alpha value is -0.280. The zero-order valence-corrected chi connectivity index (χ0v) is 12.3. The van der Waals surface area contributed by atoms with Crippen LogP contribution in [-0.2, 0) is 11.3 Å². The summed E-state index contributed by atoms with van der Waals surface area (Å²) in [6, 6.07) is 6.12. The highest BCUT2D eigenvalue weighted by atomic mass is 35.5. The SMILES string of the molecule is CC1(C)CC(NCc2ccc(Cl)cc2Cl)CCO1. The molecule has 18 heavy (non-hydrogen) atoms. The normalized spacial score (nSPS) is 23.0. The summed E-state index contributed by atoms with van der Waals surface area (Å²) in [4.78, 5) is 0. The van der Waals surface area contributed by atoms with Crippen LogP contribution in [0.25, 0.3) is 0 Å². The molecule has 1 atom stereocenters. The quantitative estimate of drug-likeness (QED) is 0.906. The second-order valence-electron chi connectivity index (χ2n) is 5.41. The third-order valence-corrected chi connectivity index (χ3v) is 3.88. The van der Waals surface area contributed by atoms with Crippen molar-refractivity contribution >= 4 is 23.2 Å². The minimum Gasteiger partial charge on any atom is -0.375 e. The third-order valence-electron chi connectivity index (χ3n) is 3.29. The maximum Gasteiger partial charge on any atom is 0.0641 e. The maximum absolute atomic E-state index is 6.15. The van der Waals surface area contributed by atoms with E-state index in [4.69, 9.17) is 27.9 Å². The molecule has 100 valence electrons. The molecule has 1 unspecified atom stereocenters. The van der Waals surface area contributed by atoms with E-state index in [0.29, 0.717) is 11.1 Å². The van der Waals surface area contributed by atoms with Crippen molar-refractivity contribution in [3.05, 3.63) is 33.8 Å². The van der Waals surface area contributed by atoms with Crippen LogP contribution in [0.4, 0.5) is 0 Å². The first kappa shape index (κ1) is 14.1. The summed E-state index contributed by atoms with van der Waals surface area (Å²) in [5.74, 6) is 0. The van der Waals surface area contributed by atoms with E-state index in [0.717, 1.165) is 36.6 Å². The molecule has 1 aliphatic heterocycles. The van der Waals surface area contributed by atoms with Crippen LogP contribution >= 0.6 is 23.2 Å². The second kappa shape index (κ2) is 5.79. The van der Waals surface area contributed by atoms with Crippen LogP contribution in [0.1, 0.15) is 32.3 Å². The van der Waals surface area contributed by atoms with Gasteiger partial charge in [0.1, 0.15) is 0 Å². The monoisotopic (exact) mass is 287 g/mol. The van der Waals surface area contributed by atoms with Gasteiger partial charge in [-0.1, -0.05) is 29.3 Å². The summed E-state index contributed by atoms with van der Waals surface area (Å²) in [5.41, 5.74) is 1.06. The molecule has 0 spiro atoms. The van der Waals surface area contributed by atoms with E-state index < -0.39 is 0 Å². The first-order valence-electron chi connectivity index (χ1n) is 6.27. The standard InChI is InChI=1S/C14H19Cl2NO/c1-14(2)8-12(5-6-18-14)17-9-10-3-4-11(15)7-13(10)16/h3-4,7,12,17H,5-6,8-9H2,1-2H3. The highest BCUT2D eigenvalue weighted by Crippen LogP contribution is 2.25.